The van der Waals surface area contributed by atoms with Crippen LogP contribution in [0.15, 0.2) is 73.1 Å². The van der Waals surface area contributed by atoms with Crippen LogP contribution in [0.5, 0.6) is 0 Å². The normalized spacial score (nSPS) is 10.9. The third kappa shape index (κ3) is 3.91. The van der Waals surface area contributed by atoms with Crippen molar-refractivity contribution in [3.63, 3.8) is 0 Å². The molecule has 0 amide bonds. The minimum absolute atomic E-state index is 0.132. The number of hydrogen-bond donors (Lipinski definition) is 2. The molecule has 0 spiro atoms. The fourth-order valence-electron chi connectivity index (χ4n) is 3.28. The van der Waals surface area contributed by atoms with Crippen LogP contribution >= 0.6 is 0 Å². The summed E-state index contributed by atoms with van der Waals surface area (Å²) in [7, 11) is 0. The van der Waals surface area contributed by atoms with Crippen molar-refractivity contribution >= 4 is 39.5 Å². The molecule has 150 valence electrons. The summed E-state index contributed by atoms with van der Waals surface area (Å²) in [5.74, 6) is 0.673. The van der Waals surface area contributed by atoms with E-state index in [4.69, 9.17) is 0 Å². The molecule has 7 heteroatoms. The number of aromatic nitrogens is 2. The summed E-state index contributed by atoms with van der Waals surface area (Å²) < 4.78 is 0. The summed E-state index contributed by atoms with van der Waals surface area (Å²) in [6, 6.07) is 21.3. The van der Waals surface area contributed by atoms with Gasteiger partial charge in [-0.3, -0.25) is 10.1 Å². The standard InChI is InChI=1S/C23H21N5O2/c1-15(2)16-10-12-18(13-11-16)26-22-21(28(29)30)23(25-14-24-22)27-20-9-5-7-17-6-3-4-8-19(17)20/h3-15H,1-2H3,(H2,24,25,26,27). The van der Waals surface area contributed by atoms with Crippen molar-refractivity contribution in [1.82, 2.24) is 9.97 Å². The van der Waals surface area contributed by atoms with Crippen molar-refractivity contribution in [3.05, 3.63) is 88.7 Å². The molecule has 4 rings (SSSR count). The lowest BCUT2D eigenvalue weighted by molar-refractivity contribution is -0.383. The Hall–Kier alpha value is -4.00. The Morgan fingerprint density at radius 3 is 2.23 bits per heavy atom. The van der Waals surface area contributed by atoms with Gasteiger partial charge in [0.15, 0.2) is 0 Å². The van der Waals surface area contributed by atoms with Gasteiger partial charge in [0.05, 0.1) is 4.92 Å². The molecular formula is C23H21N5O2. The minimum Gasteiger partial charge on any atom is -0.334 e. The molecule has 0 fully saturated rings. The minimum atomic E-state index is -0.474. The molecule has 0 saturated heterocycles. The molecule has 3 aromatic carbocycles. The van der Waals surface area contributed by atoms with Crippen LogP contribution in [0.4, 0.5) is 28.7 Å². The highest BCUT2D eigenvalue weighted by atomic mass is 16.6. The second-order valence-corrected chi connectivity index (χ2v) is 7.23. The Morgan fingerprint density at radius 1 is 0.867 bits per heavy atom. The summed E-state index contributed by atoms with van der Waals surface area (Å²) in [5.41, 5.74) is 2.44. The van der Waals surface area contributed by atoms with Gasteiger partial charge in [0.2, 0.25) is 11.6 Å². The molecular weight excluding hydrogens is 378 g/mol. The molecule has 0 unspecified atom stereocenters. The van der Waals surface area contributed by atoms with E-state index >= 15 is 0 Å². The summed E-state index contributed by atoms with van der Waals surface area (Å²) >= 11 is 0. The van der Waals surface area contributed by atoms with Gasteiger partial charge in [-0.05, 0) is 35.1 Å². The molecule has 0 aliphatic carbocycles. The van der Waals surface area contributed by atoms with Gasteiger partial charge in [-0.2, -0.15) is 0 Å². The number of hydrogen-bond acceptors (Lipinski definition) is 6. The zero-order valence-electron chi connectivity index (χ0n) is 16.7. The van der Waals surface area contributed by atoms with Gasteiger partial charge in [-0.1, -0.05) is 62.4 Å². The molecule has 0 bridgehead atoms. The first kappa shape index (κ1) is 19.3. The van der Waals surface area contributed by atoms with Crippen molar-refractivity contribution in [2.75, 3.05) is 10.6 Å². The molecule has 0 aliphatic heterocycles. The maximum atomic E-state index is 11.9. The van der Waals surface area contributed by atoms with Crippen LogP contribution in [0.3, 0.4) is 0 Å². The van der Waals surface area contributed by atoms with Gasteiger partial charge < -0.3 is 10.6 Å². The summed E-state index contributed by atoms with van der Waals surface area (Å²) in [6.07, 6.45) is 1.31. The van der Waals surface area contributed by atoms with Crippen molar-refractivity contribution in [1.29, 1.82) is 0 Å². The number of fused-ring (bicyclic) bond motifs is 1. The predicted octanol–water partition coefficient (Wildman–Crippen LogP) is 6.15. The molecule has 0 radical (unpaired) electrons. The van der Waals surface area contributed by atoms with E-state index in [-0.39, 0.29) is 17.3 Å². The zero-order chi connectivity index (χ0) is 21.1. The number of nitrogens with one attached hydrogen (secondary N) is 2. The van der Waals surface area contributed by atoms with E-state index < -0.39 is 4.92 Å². The Labute approximate surface area is 174 Å². The van der Waals surface area contributed by atoms with E-state index in [9.17, 15) is 10.1 Å². The average Bonchev–Trinajstić information content (AvgIpc) is 2.74. The van der Waals surface area contributed by atoms with Crippen molar-refractivity contribution < 1.29 is 4.92 Å². The summed E-state index contributed by atoms with van der Waals surface area (Å²) in [6.45, 7) is 4.23. The van der Waals surface area contributed by atoms with E-state index in [0.29, 0.717) is 5.92 Å². The molecule has 1 heterocycles. The summed E-state index contributed by atoms with van der Waals surface area (Å²) in [4.78, 5) is 19.7. The van der Waals surface area contributed by atoms with Gasteiger partial charge in [-0.25, -0.2) is 9.97 Å². The van der Waals surface area contributed by atoms with Crippen LogP contribution in [-0.2, 0) is 0 Å². The smallest absolute Gasteiger partial charge is 0.334 e. The van der Waals surface area contributed by atoms with E-state index in [0.717, 1.165) is 22.1 Å². The maximum absolute atomic E-state index is 11.9. The van der Waals surface area contributed by atoms with Crippen LogP contribution in [0.25, 0.3) is 10.8 Å². The topological polar surface area (TPSA) is 93.0 Å². The molecule has 30 heavy (non-hydrogen) atoms. The number of benzene rings is 3. The quantitative estimate of drug-likeness (QED) is 0.298. The number of rotatable bonds is 6. The van der Waals surface area contributed by atoms with Crippen LogP contribution in [-0.4, -0.2) is 14.9 Å². The second kappa shape index (κ2) is 8.16. The SMILES string of the molecule is CC(C)c1ccc(Nc2ncnc(Nc3cccc4ccccc34)c2[N+](=O)[O-])cc1. The Balaban J connectivity index is 1.70. The molecule has 4 aromatic rings. The highest BCUT2D eigenvalue weighted by molar-refractivity contribution is 5.96. The van der Waals surface area contributed by atoms with Gasteiger partial charge in [0, 0.05) is 16.8 Å². The first-order chi connectivity index (χ1) is 14.5. The van der Waals surface area contributed by atoms with Crippen LogP contribution in [0.1, 0.15) is 25.3 Å². The van der Waals surface area contributed by atoms with Crippen molar-refractivity contribution in [2.45, 2.75) is 19.8 Å². The Morgan fingerprint density at radius 2 is 1.53 bits per heavy atom. The van der Waals surface area contributed by atoms with Gasteiger partial charge in [0.1, 0.15) is 6.33 Å². The van der Waals surface area contributed by atoms with Crippen LogP contribution < -0.4 is 10.6 Å². The van der Waals surface area contributed by atoms with E-state index in [1.807, 2.05) is 66.7 Å². The molecule has 7 nitrogen and oxygen atoms in total. The number of nitro groups is 1. The van der Waals surface area contributed by atoms with Crippen molar-refractivity contribution in [2.24, 2.45) is 0 Å². The van der Waals surface area contributed by atoms with Gasteiger partial charge in [-0.15, -0.1) is 0 Å². The predicted molar refractivity (Wildman–Crippen MR) is 120 cm³/mol. The molecule has 0 atom stereocenters. The number of anilines is 4. The highest BCUT2D eigenvalue weighted by Crippen LogP contribution is 2.35. The fourth-order valence-corrected chi connectivity index (χ4v) is 3.28. The van der Waals surface area contributed by atoms with Gasteiger partial charge >= 0.3 is 5.69 Å². The third-order valence-electron chi connectivity index (χ3n) is 4.89. The van der Waals surface area contributed by atoms with Crippen LogP contribution in [0.2, 0.25) is 0 Å². The summed E-state index contributed by atoms with van der Waals surface area (Å²) in [5, 5.41) is 20.0. The lowest BCUT2D eigenvalue weighted by Gasteiger charge is -2.12. The fraction of sp³-hybridized carbons (Fsp3) is 0.130. The van der Waals surface area contributed by atoms with Crippen LogP contribution in [0, 0.1) is 10.1 Å². The average molecular weight is 399 g/mol. The monoisotopic (exact) mass is 399 g/mol. The molecule has 0 aliphatic rings. The second-order valence-electron chi connectivity index (χ2n) is 7.23. The third-order valence-corrected chi connectivity index (χ3v) is 4.89. The highest BCUT2D eigenvalue weighted by Gasteiger charge is 2.23. The first-order valence-corrected chi connectivity index (χ1v) is 9.64. The Kier molecular flexibility index (Phi) is 5.26. The lowest BCUT2D eigenvalue weighted by atomic mass is 10.0. The van der Waals surface area contributed by atoms with E-state index in [1.54, 1.807) is 0 Å². The molecule has 2 N–H and O–H groups in total. The maximum Gasteiger partial charge on any atom is 0.353 e. The van der Waals surface area contributed by atoms with Gasteiger partial charge in [0.25, 0.3) is 0 Å². The number of nitrogens with zero attached hydrogens (tertiary/aromatic N) is 3. The first-order valence-electron chi connectivity index (χ1n) is 9.64. The van der Waals surface area contributed by atoms with E-state index in [2.05, 4.69) is 34.4 Å². The van der Waals surface area contributed by atoms with E-state index in [1.165, 1.54) is 11.9 Å². The zero-order valence-corrected chi connectivity index (χ0v) is 16.7. The lowest BCUT2D eigenvalue weighted by Crippen LogP contribution is -2.05. The largest absolute Gasteiger partial charge is 0.353 e. The molecule has 0 saturated carbocycles. The molecule has 1 aromatic heterocycles. The van der Waals surface area contributed by atoms with Crippen molar-refractivity contribution in [3.8, 4) is 0 Å². The Bertz CT molecular complexity index is 1200.